The van der Waals surface area contributed by atoms with E-state index in [1.54, 1.807) is 27.0 Å². The molecule has 0 fully saturated rings. The molecule has 10 heteroatoms. The molecule has 196 valence electrons. The quantitative estimate of drug-likeness (QED) is 0.254. The van der Waals surface area contributed by atoms with E-state index in [4.69, 9.17) is 28.3 Å². The number of thioether (sulfide) groups is 1. The van der Waals surface area contributed by atoms with Gasteiger partial charge in [-0.2, -0.15) is 5.10 Å². The van der Waals surface area contributed by atoms with Crippen molar-refractivity contribution in [3.63, 3.8) is 0 Å². The molecule has 2 aromatic carbocycles. The zero-order valence-electron chi connectivity index (χ0n) is 20.9. The lowest BCUT2D eigenvalue weighted by molar-refractivity contribution is -0.123. The molecule has 2 unspecified atom stereocenters. The van der Waals surface area contributed by atoms with Gasteiger partial charge in [0, 0.05) is 16.6 Å². The summed E-state index contributed by atoms with van der Waals surface area (Å²) in [6, 6.07) is 19.0. The van der Waals surface area contributed by atoms with Crippen LogP contribution in [0.15, 0.2) is 66.0 Å². The molecule has 1 aliphatic heterocycles. The van der Waals surface area contributed by atoms with Gasteiger partial charge in [-0.1, -0.05) is 60.5 Å². The highest BCUT2D eigenvalue weighted by atomic mass is 35.5. The Morgan fingerprint density at radius 3 is 2.68 bits per heavy atom. The summed E-state index contributed by atoms with van der Waals surface area (Å²) >= 11 is 16.1. The Labute approximate surface area is 239 Å². The number of fused-ring (bicyclic) bond motifs is 1. The Balaban J connectivity index is 1.78. The van der Waals surface area contributed by atoms with Gasteiger partial charge in [0.1, 0.15) is 18.1 Å². The highest BCUT2D eigenvalue weighted by Crippen LogP contribution is 2.49. The van der Waals surface area contributed by atoms with Crippen LogP contribution < -0.4 is 10.2 Å². The van der Waals surface area contributed by atoms with Crippen LogP contribution in [0, 0.1) is 0 Å². The number of aromatic nitrogens is 2. The molecule has 0 saturated carbocycles. The fourth-order valence-electron chi connectivity index (χ4n) is 4.40. The number of halogens is 2. The Morgan fingerprint density at radius 1 is 1.16 bits per heavy atom. The van der Waals surface area contributed by atoms with E-state index in [0.717, 1.165) is 28.1 Å². The molecular weight excluding hydrogens is 559 g/mol. The maximum absolute atomic E-state index is 13.7. The van der Waals surface area contributed by atoms with Crippen LogP contribution in [0.3, 0.4) is 0 Å². The molecule has 0 bridgehead atoms. The second-order valence-electron chi connectivity index (χ2n) is 9.03. The van der Waals surface area contributed by atoms with Gasteiger partial charge < -0.3 is 5.32 Å². The predicted octanol–water partition coefficient (Wildman–Crippen LogP) is 6.99. The topological polar surface area (TPSA) is 67.2 Å². The van der Waals surface area contributed by atoms with E-state index in [0.29, 0.717) is 21.6 Å². The standard InChI is InChI=1S/C28H26Cl2N4O2S2/c1-3-17(2)31-23(35)15-33-24(36)16-38-27(18-8-6-9-19(29)14-18)25-26(22-12-7-13-37-22)32-34(28(25)33)21-11-5-4-10-20(21)30/h4-14,17,27H,3,15-16H2,1-2H3,(H,31,35). The number of thiophene rings is 1. The van der Waals surface area contributed by atoms with Crippen molar-refractivity contribution in [2.45, 2.75) is 31.6 Å². The first kappa shape index (κ1) is 26.8. The molecular formula is C28H26Cl2N4O2S2. The number of hydrogen-bond donors (Lipinski definition) is 1. The predicted molar refractivity (Wildman–Crippen MR) is 158 cm³/mol. The largest absolute Gasteiger partial charge is 0.352 e. The molecule has 6 nitrogen and oxygen atoms in total. The van der Waals surface area contributed by atoms with Crippen molar-refractivity contribution in [2.24, 2.45) is 0 Å². The van der Waals surface area contributed by atoms with Crippen LogP contribution in [-0.4, -0.2) is 39.9 Å². The van der Waals surface area contributed by atoms with Gasteiger partial charge in [-0.15, -0.1) is 23.1 Å². The number of amides is 2. The van der Waals surface area contributed by atoms with E-state index >= 15 is 0 Å². The number of rotatable bonds is 7. The average molecular weight is 586 g/mol. The van der Waals surface area contributed by atoms with E-state index < -0.39 is 0 Å². The molecule has 2 amide bonds. The van der Waals surface area contributed by atoms with Crippen LogP contribution in [0.2, 0.25) is 10.0 Å². The van der Waals surface area contributed by atoms with E-state index in [2.05, 4.69) is 5.32 Å². The van der Waals surface area contributed by atoms with Crippen LogP contribution in [0.5, 0.6) is 0 Å². The smallest absolute Gasteiger partial charge is 0.240 e. The van der Waals surface area contributed by atoms with Crippen LogP contribution in [0.4, 0.5) is 5.82 Å². The lowest BCUT2D eigenvalue weighted by atomic mass is 10.0. The van der Waals surface area contributed by atoms with Gasteiger partial charge in [0.2, 0.25) is 11.8 Å². The third-order valence-electron chi connectivity index (χ3n) is 6.40. The van der Waals surface area contributed by atoms with Crippen molar-refractivity contribution in [3.05, 3.63) is 87.2 Å². The number of nitrogens with zero attached hydrogens (tertiary/aromatic N) is 3. The maximum atomic E-state index is 13.7. The van der Waals surface area contributed by atoms with Gasteiger partial charge >= 0.3 is 0 Å². The van der Waals surface area contributed by atoms with Gasteiger partial charge in [0.25, 0.3) is 0 Å². The summed E-state index contributed by atoms with van der Waals surface area (Å²) in [4.78, 5) is 29.3. The minimum atomic E-state index is -0.247. The summed E-state index contributed by atoms with van der Waals surface area (Å²) in [5.74, 6) is 0.329. The van der Waals surface area contributed by atoms with Crippen molar-refractivity contribution in [3.8, 4) is 16.3 Å². The van der Waals surface area contributed by atoms with E-state index in [9.17, 15) is 9.59 Å². The van der Waals surface area contributed by atoms with Crippen molar-refractivity contribution in [1.82, 2.24) is 15.1 Å². The number of hydrogen-bond acceptors (Lipinski definition) is 5. The zero-order valence-corrected chi connectivity index (χ0v) is 24.0. The summed E-state index contributed by atoms with van der Waals surface area (Å²) in [6.07, 6.45) is 0.789. The SMILES string of the molecule is CCC(C)NC(=O)CN1C(=O)CSC(c2cccc(Cl)c2)c2c(-c3cccs3)nn(-c3ccccc3Cl)c21. The van der Waals surface area contributed by atoms with Gasteiger partial charge in [0.15, 0.2) is 0 Å². The summed E-state index contributed by atoms with van der Waals surface area (Å²) < 4.78 is 1.71. The maximum Gasteiger partial charge on any atom is 0.240 e. The molecule has 2 atom stereocenters. The number of carbonyl (C=O) groups excluding carboxylic acids is 2. The summed E-state index contributed by atoms with van der Waals surface area (Å²) in [5.41, 5.74) is 3.18. The Morgan fingerprint density at radius 2 is 1.97 bits per heavy atom. The van der Waals surface area contributed by atoms with Crippen molar-refractivity contribution in [1.29, 1.82) is 0 Å². The Kier molecular flexibility index (Phi) is 8.14. The number of benzene rings is 2. The molecule has 0 saturated heterocycles. The van der Waals surface area contributed by atoms with E-state index in [1.165, 1.54) is 11.8 Å². The van der Waals surface area contributed by atoms with Gasteiger partial charge in [-0.25, -0.2) is 4.68 Å². The molecule has 1 aliphatic rings. The van der Waals surface area contributed by atoms with Gasteiger partial charge in [0.05, 0.1) is 26.6 Å². The van der Waals surface area contributed by atoms with Crippen LogP contribution in [-0.2, 0) is 9.59 Å². The Hall–Kier alpha value is -2.78. The zero-order chi connectivity index (χ0) is 26.8. The van der Waals surface area contributed by atoms with Crippen molar-refractivity contribution in [2.75, 3.05) is 17.2 Å². The van der Waals surface area contributed by atoms with Crippen molar-refractivity contribution < 1.29 is 9.59 Å². The first-order valence-corrected chi connectivity index (χ1v) is 14.9. The molecule has 38 heavy (non-hydrogen) atoms. The molecule has 1 N–H and O–H groups in total. The normalized spacial score (nSPS) is 16.2. The highest BCUT2D eigenvalue weighted by molar-refractivity contribution is 8.00. The molecule has 0 aliphatic carbocycles. The second kappa shape index (κ2) is 11.5. The number of anilines is 1. The number of carbonyl (C=O) groups is 2. The molecule has 2 aromatic heterocycles. The fourth-order valence-corrected chi connectivity index (χ4v) is 6.73. The first-order valence-electron chi connectivity index (χ1n) is 12.3. The fraction of sp³-hybridized carbons (Fsp3) is 0.250. The number of para-hydroxylation sites is 1. The van der Waals surface area contributed by atoms with Crippen LogP contribution >= 0.6 is 46.3 Å². The molecule has 0 spiro atoms. The molecule has 3 heterocycles. The third-order valence-corrected chi connectivity index (χ3v) is 9.08. The minimum absolute atomic E-state index is 0.00667. The summed E-state index contributed by atoms with van der Waals surface area (Å²) in [7, 11) is 0. The van der Waals surface area contributed by atoms with Crippen LogP contribution in [0.25, 0.3) is 16.3 Å². The Bertz CT molecular complexity index is 1470. The van der Waals surface area contributed by atoms with E-state index in [-0.39, 0.29) is 35.4 Å². The average Bonchev–Trinajstić information content (AvgIpc) is 3.53. The van der Waals surface area contributed by atoms with E-state index in [1.807, 2.05) is 73.8 Å². The van der Waals surface area contributed by atoms with Gasteiger partial charge in [-0.05, 0) is 54.6 Å². The summed E-state index contributed by atoms with van der Waals surface area (Å²) in [5, 5.41) is 10.9. The van der Waals surface area contributed by atoms with Gasteiger partial charge in [-0.3, -0.25) is 14.5 Å². The monoisotopic (exact) mass is 584 g/mol. The lowest BCUT2D eigenvalue weighted by Crippen LogP contribution is -2.44. The molecule has 5 rings (SSSR count). The minimum Gasteiger partial charge on any atom is -0.352 e. The lowest BCUT2D eigenvalue weighted by Gasteiger charge is -2.24. The molecule has 4 aromatic rings. The highest BCUT2D eigenvalue weighted by Gasteiger charge is 2.38. The van der Waals surface area contributed by atoms with Crippen LogP contribution in [0.1, 0.15) is 36.6 Å². The van der Waals surface area contributed by atoms with Crippen molar-refractivity contribution >= 4 is 63.9 Å². The summed E-state index contributed by atoms with van der Waals surface area (Å²) in [6.45, 7) is 3.83. The third kappa shape index (κ3) is 5.36. The second-order valence-corrected chi connectivity index (χ2v) is 11.9. The molecule has 0 radical (unpaired) electrons. The first-order chi connectivity index (χ1) is 18.4. The number of nitrogens with one attached hydrogen (secondary N) is 1.